The third-order valence-electron chi connectivity index (χ3n) is 4.37. The van der Waals surface area contributed by atoms with Gasteiger partial charge in [0.25, 0.3) is 5.69 Å². The van der Waals surface area contributed by atoms with Gasteiger partial charge in [0.15, 0.2) is 0 Å². The van der Waals surface area contributed by atoms with E-state index in [1.54, 1.807) is 12.1 Å². The van der Waals surface area contributed by atoms with Crippen molar-refractivity contribution < 1.29 is 14.1 Å². The summed E-state index contributed by atoms with van der Waals surface area (Å²) in [5, 5.41) is 18.8. The second kappa shape index (κ2) is 9.64. The predicted octanol–water partition coefficient (Wildman–Crippen LogP) is 5.66. The SMILES string of the molecule is CCCCCCCOc1ccc(-c2nnc(-c3ccc([N+](=O)[O-])cc3)o2)cc1. The van der Waals surface area contributed by atoms with Gasteiger partial charge in [-0.1, -0.05) is 32.6 Å². The standard InChI is InChI=1S/C21H23N3O4/c1-2-3-4-5-6-15-27-19-13-9-17(10-14-19)21-23-22-20(28-21)16-7-11-18(12-8-16)24(25)26/h7-14H,2-6,15H2,1H3. The molecule has 0 amide bonds. The normalized spacial score (nSPS) is 10.8. The Morgan fingerprint density at radius 1 is 0.893 bits per heavy atom. The highest BCUT2D eigenvalue weighted by Gasteiger charge is 2.12. The number of aromatic nitrogens is 2. The van der Waals surface area contributed by atoms with Gasteiger partial charge in [0.2, 0.25) is 11.8 Å². The zero-order chi connectivity index (χ0) is 19.8. The summed E-state index contributed by atoms with van der Waals surface area (Å²) in [6.07, 6.45) is 6.03. The molecule has 28 heavy (non-hydrogen) atoms. The van der Waals surface area contributed by atoms with E-state index >= 15 is 0 Å². The van der Waals surface area contributed by atoms with Gasteiger partial charge >= 0.3 is 0 Å². The molecule has 0 N–H and O–H groups in total. The minimum absolute atomic E-state index is 0.0180. The second-order valence-electron chi connectivity index (χ2n) is 6.50. The van der Waals surface area contributed by atoms with E-state index in [1.807, 2.05) is 24.3 Å². The van der Waals surface area contributed by atoms with E-state index in [2.05, 4.69) is 17.1 Å². The molecule has 1 aromatic heterocycles. The lowest BCUT2D eigenvalue weighted by Gasteiger charge is -2.06. The molecule has 0 aliphatic rings. The van der Waals surface area contributed by atoms with Crippen LogP contribution in [0.3, 0.4) is 0 Å². The van der Waals surface area contributed by atoms with Crippen molar-refractivity contribution in [2.75, 3.05) is 6.61 Å². The highest BCUT2D eigenvalue weighted by molar-refractivity contribution is 5.59. The van der Waals surface area contributed by atoms with Crippen molar-refractivity contribution >= 4 is 5.69 Å². The zero-order valence-corrected chi connectivity index (χ0v) is 15.8. The number of ether oxygens (including phenoxy) is 1. The molecule has 1 heterocycles. The first-order chi connectivity index (χ1) is 13.7. The van der Waals surface area contributed by atoms with E-state index in [0.717, 1.165) is 17.7 Å². The molecule has 0 aliphatic heterocycles. The van der Waals surface area contributed by atoms with Crippen molar-refractivity contribution in [2.45, 2.75) is 39.0 Å². The molecule has 7 heteroatoms. The lowest BCUT2D eigenvalue weighted by molar-refractivity contribution is -0.384. The molecule has 0 spiro atoms. The smallest absolute Gasteiger partial charge is 0.269 e. The second-order valence-corrected chi connectivity index (χ2v) is 6.50. The Morgan fingerprint density at radius 2 is 1.46 bits per heavy atom. The monoisotopic (exact) mass is 381 g/mol. The van der Waals surface area contributed by atoms with Crippen LogP contribution in [0, 0.1) is 10.1 Å². The van der Waals surface area contributed by atoms with Gasteiger partial charge in [-0.25, -0.2) is 0 Å². The lowest BCUT2D eigenvalue weighted by atomic mass is 10.2. The Kier molecular flexibility index (Phi) is 6.73. The van der Waals surface area contributed by atoms with Crippen molar-refractivity contribution in [3.63, 3.8) is 0 Å². The van der Waals surface area contributed by atoms with E-state index in [-0.39, 0.29) is 5.69 Å². The van der Waals surface area contributed by atoms with Gasteiger partial charge in [-0.2, -0.15) is 0 Å². The number of non-ortho nitro benzene ring substituents is 1. The fraction of sp³-hybridized carbons (Fsp3) is 0.333. The van der Waals surface area contributed by atoms with E-state index in [9.17, 15) is 10.1 Å². The molecule has 0 aliphatic carbocycles. The Labute approximate surface area is 163 Å². The summed E-state index contributed by atoms with van der Waals surface area (Å²) in [5.74, 6) is 1.52. The first kappa shape index (κ1) is 19.5. The van der Waals surface area contributed by atoms with E-state index < -0.39 is 4.92 Å². The van der Waals surface area contributed by atoms with Crippen molar-refractivity contribution in [1.82, 2.24) is 10.2 Å². The van der Waals surface area contributed by atoms with Crippen LogP contribution in [0.5, 0.6) is 5.75 Å². The third kappa shape index (κ3) is 5.16. The topological polar surface area (TPSA) is 91.3 Å². The molecule has 3 rings (SSSR count). The Bertz CT molecular complexity index is 889. The maximum Gasteiger partial charge on any atom is 0.269 e. The van der Waals surface area contributed by atoms with E-state index in [4.69, 9.17) is 9.15 Å². The summed E-state index contributed by atoms with van der Waals surface area (Å²) in [6.45, 7) is 2.92. The van der Waals surface area contributed by atoms with Gasteiger partial charge < -0.3 is 9.15 Å². The van der Waals surface area contributed by atoms with Crippen LogP contribution in [-0.4, -0.2) is 21.7 Å². The molecule has 0 saturated heterocycles. The molecule has 0 bridgehead atoms. The summed E-state index contributed by atoms with van der Waals surface area (Å²) < 4.78 is 11.5. The average Bonchev–Trinajstić information content (AvgIpc) is 3.21. The summed E-state index contributed by atoms with van der Waals surface area (Å²) in [6, 6.07) is 13.5. The van der Waals surface area contributed by atoms with Gasteiger partial charge in [0, 0.05) is 23.3 Å². The molecule has 0 saturated carbocycles. The number of hydrogen-bond acceptors (Lipinski definition) is 6. The van der Waals surface area contributed by atoms with E-state index in [0.29, 0.717) is 24.0 Å². The fourth-order valence-electron chi connectivity index (χ4n) is 2.77. The molecular weight excluding hydrogens is 358 g/mol. The molecule has 2 aromatic carbocycles. The highest BCUT2D eigenvalue weighted by Crippen LogP contribution is 2.26. The first-order valence-corrected chi connectivity index (χ1v) is 9.49. The van der Waals surface area contributed by atoms with Crippen molar-refractivity contribution in [2.24, 2.45) is 0 Å². The van der Waals surface area contributed by atoms with Gasteiger partial charge in [0.1, 0.15) is 5.75 Å². The summed E-state index contributed by atoms with van der Waals surface area (Å²) >= 11 is 0. The quantitative estimate of drug-likeness (QED) is 0.256. The molecular formula is C21H23N3O4. The number of unbranched alkanes of at least 4 members (excludes halogenated alkanes) is 4. The maximum absolute atomic E-state index is 10.7. The van der Waals surface area contributed by atoms with Crippen LogP contribution >= 0.6 is 0 Å². The number of nitrogens with zero attached hydrogens (tertiary/aromatic N) is 3. The van der Waals surface area contributed by atoms with Crippen LogP contribution in [0.4, 0.5) is 5.69 Å². The predicted molar refractivity (Wildman–Crippen MR) is 106 cm³/mol. The van der Waals surface area contributed by atoms with Gasteiger partial charge in [-0.15, -0.1) is 10.2 Å². The van der Waals surface area contributed by atoms with Crippen LogP contribution in [0.15, 0.2) is 52.9 Å². The number of nitro groups is 1. The highest BCUT2D eigenvalue weighted by atomic mass is 16.6. The zero-order valence-electron chi connectivity index (χ0n) is 15.8. The molecule has 0 radical (unpaired) electrons. The van der Waals surface area contributed by atoms with Crippen LogP contribution in [0.1, 0.15) is 39.0 Å². The largest absolute Gasteiger partial charge is 0.494 e. The summed E-state index contributed by atoms with van der Waals surface area (Å²) in [4.78, 5) is 10.3. The van der Waals surface area contributed by atoms with Crippen molar-refractivity contribution in [1.29, 1.82) is 0 Å². The minimum atomic E-state index is -0.447. The molecule has 0 fully saturated rings. The molecule has 146 valence electrons. The van der Waals surface area contributed by atoms with E-state index in [1.165, 1.54) is 37.8 Å². The number of nitro benzene ring substituents is 1. The number of benzene rings is 2. The Hall–Kier alpha value is -3.22. The molecule has 3 aromatic rings. The van der Waals surface area contributed by atoms with Crippen molar-refractivity contribution in [3.8, 4) is 28.7 Å². The maximum atomic E-state index is 10.7. The summed E-state index contributed by atoms with van der Waals surface area (Å²) in [5.41, 5.74) is 1.44. The van der Waals surface area contributed by atoms with Gasteiger partial charge in [-0.3, -0.25) is 10.1 Å². The van der Waals surface area contributed by atoms with Crippen LogP contribution in [-0.2, 0) is 0 Å². The molecule has 0 atom stereocenters. The average molecular weight is 381 g/mol. The van der Waals surface area contributed by atoms with Crippen LogP contribution in [0.2, 0.25) is 0 Å². The fourth-order valence-corrected chi connectivity index (χ4v) is 2.77. The summed E-state index contributed by atoms with van der Waals surface area (Å²) in [7, 11) is 0. The van der Waals surface area contributed by atoms with Gasteiger partial charge in [0.05, 0.1) is 11.5 Å². The van der Waals surface area contributed by atoms with Crippen LogP contribution in [0.25, 0.3) is 22.9 Å². The first-order valence-electron chi connectivity index (χ1n) is 9.49. The Morgan fingerprint density at radius 3 is 2.04 bits per heavy atom. The van der Waals surface area contributed by atoms with Crippen molar-refractivity contribution in [3.05, 3.63) is 58.6 Å². The number of hydrogen-bond donors (Lipinski definition) is 0. The number of rotatable bonds is 10. The third-order valence-corrected chi connectivity index (χ3v) is 4.37. The molecule has 7 nitrogen and oxygen atoms in total. The Balaban J connectivity index is 1.58. The molecule has 0 unspecified atom stereocenters. The van der Waals surface area contributed by atoms with Gasteiger partial charge in [-0.05, 0) is 42.8 Å². The minimum Gasteiger partial charge on any atom is -0.494 e. The lowest BCUT2D eigenvalue weighted by Crippen LogP contribution is -1.97. The van der Waals surface area contributed by atoms with Crippen LogP contribution < -0.4 is 4.74 Å².